The van der Waals surface area contributed by atoms with Crippen molar-refractivity contribution in [1.82, 2.24) is 14.8 Å². The number of furan rings is 1. The third-order valence-corrected chi connectivity index (χ3v) is 5.39. The average Bonchev–Trinajstić information content (AvgIpc) is 3.09. The fourth-order valence-electron chi connectivity index (χ4n) is 4.14. The number of hydrogen-bond acceptors (Lipinski definition) is 5. The van der Waals surface area contributed by atoms with E-state index in [0.717, 1.165) is 39.3 Å². The van der Waals surface area contributed by atoms with Gasteiger partial charge in [-0.1, -0.05) is 6.07 Å². The SMILES string of the molecule is CN(Cc1cccnc1)C[C@@H]1CCC2(CN(Cc3ccoc3)C2)OC1. The lowest BCUT2D eigenvalue weighted by molar-refractivity contribution is -0.183. The molecule has 0 aliphatic carbocycles. The molecule has 2 saturated heterocycles. The molecule has 0 N–H and O–H groups in total. The van der Waals surface area contributed by atoms with Crippen LogP contribution in [-0.2, 0) is 17.8 Å². The van der Waals surface area contributed by atoms with Gasteiger partial charge in [-0.2, -0.15) is 0 Å². The number of likely N-dealkylation sites (tertiary alicyclic amines) is 1. The highest BCUT2D eigenvalue weighted by Gasteiger charge is 2.46. The number of rotatable bonds is 6. The number of nitrogens with zero attached hydrogens (tertiary/aromatic N) is 3. The van der Waals surface area contributed by atoms with Gasteiger partial charge in [0, 0.05) is 50.7 Å². The highest BCUT2D eigenvalue weighted by molar-refractivity contribution is 5.09. The van der Waals surface area contributed by atoms with Gasteiger partial charge in [-0.3, -0.25) is 9.88 Å². The summed E-state index contributed by atoms with van der Waals surface area (Å²) in [4.78, 5) is 9.02. The summed E-state index contributed by atoms with van der Waals surface area (Å²) in [7, 11) is 2.19. The molecule has 0 aromatic carbocycles. The van der Waals surface area contributed by atoms with Gasteiger partial charge in [0.25, 0.3) is 0 Å². The number of ether oxygens (including phenoxy) is 1. The molecule has 2 aliphatic heterocycles. The van der Waals surface area contributed by atoms with E-state index in [1.807, 2.05) is 30.8 Å². The Labute approximate surface area is 149 Å². The van der Waals surface area contributed by atoms with E-state index < -0.39 is 0 Å². The molecule has 5 nitrogen and oxygen atoms in total. The molecule has 0 amide bonds. The maximum Gasteiger partial charge on any atom is 0.0947 e. The van der Waals surface area contributed by atoms with Crippen LogP contribution in [0.4, 0.5) is 0 Å². The number of hydrogen-bond donors (Lipinski definition) is 0. The van der Waals surface area contributed by atoms with Crippen molar-refractivity contribution in [3.05, 3.63) is 54.2 Å². The zero-order valence-corrected chi connectivity index (χ0v) is 14.9. The van der Waals surface area contributed by atoms with Crippen LogP contribution < -0.4 is 0 Å². The second-order valence-corrected chi connectivity index (χ2v) is 7.73. The summed E-state index contributed by atoms with van der Waals surface area (Å²) in [6, 6.07) is 6.18. The molecule has 1 spiro atoms. The highest BCUT2D eigenvalue weighted by atomic mass is 16.5. The molecule has 4 rings (SSSR count). The van der Waals surface area contributed by atoms with E-state index in [0.29, 0.717) is 5.92 Å². The van der Waals surface area contributed by atoms with Crippen molar-refractivity contribution in [2.45, 2.75) is 31.5 Å². The first-order chi connectivity index (χ1) is 12.2. The number of aromatic nitrogens is 1. The Morgan fingerprint density at radius 2 is 2.24 bits per heavy atom. The van der Waals surface area contributed by atoms with Gasteiger partial charge in [-0.25, -0.2) is 0 Å². The topological polar surface area (TPSA) is 41.7 Å². The van der Waals surface area contributed by atoms with E-state index in [1.165, 1.54) is 24.0 Å². The first kappa shape index (κ1) is 16.8. The van der Waals surface area contributed by atoms with Gasteiger partial charge in [0.15, 0.2) is 0 Å². The average molecular weight is 341 g/mol. The van der Waals surface area contributed by atoms with Crippen molar-refractivity contribution in [3.63, 3.8) is 0 Å². The van der Waals surface area contributed by atoms with E-state index in [9.17, 15) is 0 Å². The predicted octanol–water partition coefficient (Wildman–Crippen LogP) is 2.79. The van der Waals surface area contributed by atoms with E-state index in [-0.39, 0.29) is 5.60 Å². The fourth-order valence-corrected chi connectivity index (χ4v) is 4.14. The van der Waals surface area contributed by atoms with Crippen LogP contribution in [0.3, 0.4) is 0 Å². The molecule has 2 aromatic rings. The zero-order chi connectivity index (χ0) is 17.1. The van der Waals surface area contributed by atoms with Gasteiger partial charge < -0.3 is 14.1 Å². The van der Waals surface area contributed by atoms with Gasteiger partial charge >= 0.3 is 0 Å². The molecule has 134 valence electrons. The standard InChI is InChI=1S/C20H27N3O2/c1-22(10-17-3-2-7-21-9-17)11-18-4-6-20(25-14-18)15-23(16-20)12-19-5-8-24-13-19/h2-3,5,7-9,13,18H,4,6,10-12,14-16H2,1H3/t18-/m0/s1. The van der Waals surface area contributed by atoms with Gasteiger partial charge in [0.1, 0.15) is 0 Å². The van der Waals surface area contributed by atoms with Crippen LogP contribution in [-0.4, -0.2) is 53.7 Å². The third kappa shape index (κ3) is 4.11. The van der Waals surface area contributed by atoms with E-state index in [2.05, 4.69) is 27.9 Å². The van der Waals surface area contributed by atoms with Crippen molar-refractivity contribution in [3.8, 4) is 0 Å². The molecular weight excluding hydrogens is 314 g/mol. The molecule has 2 aromatic heterocycles. The first-order valence-electron chi connectivity index (χ1n) is 9.16. The van der Waals surface area contributed by atoms with Crippen LogP contribution in [0, 0.1) is 5.92 Å². The molecule has 25 heavy (non-hydrogen) atoms. The van der Waals surface area contributed by atoms with Crippen LogP contribution in [0.15, 0.2) is 47.5 Å². The van der Waals surface area contributed by atoms with E-state index >= 15 is 0 Å². The smallest absolute Gasteiger partial charge is 0.0947 e. The van der Waals surface area contributed by atoms with Gasteiger partial charge in [0.2, 0.25) is 0 Å². The highest BCUT2D eigenvalue weighted by Crippen LogP contribution is 2.36. The zero-order valence-electron chi connectivity index (χ0n) is 14.9. The Kier molecular flexibility index (Phi) is 4.88. The quantitative estimate of drug-likeness (QED) is 0.808. The second-order valence-electron chi connectivity index (χ2n) is 7.73. The van der Waals surface area contributed by atoms with Crippen molar-refractivity contribution < 1.29 is 9.15 Å². The Hall–Kier alpha value is -1.69. The summed E-state index contributed by atoms with van der Waals surface area (Å²) in [5.74, 6) is 0.634. The van der Waals surface area contributed by atoms with Gasteiger partial charge in [-0.15, -0.1) is 0 Å². The molecule has 0 radical (unpaired) electrons. The lowest BCUT2D eigenvalue weighted by Crippen LogP contribution is -2.64. The van der Waals surface area contributed by atoms with Gasteiger partial charge in [0.05, 0.1) is 24.7 Å². The molecule has 2 aliphatic rings. The Balaban J connectivity index is 1.19. The Bertz CT molecular complexity index is 643. The summed E-state index contributed by atoms with van der Waals surface area (Å²) in [5.41, 5.74) is 2.63. The van der Waals surface area contributed by atoms with E-state index in [1.54, 1.807) is 6.26 Å². The molecule has 4 heterocycles. The third-order valence-electron chi connectivity index (χ3n) is 5.39. The summed E-state index contributed by atoms with van der Waals surface area (Å²) >= 11 is 0. The van der Waals surface area contributed by atoms with Crippen LogP contribution in [0.2, 0.25) is 0 Å². The molecule has 0 saturated carbocycles. The maximum absolute atomic E-state index is 6.31. The Morgan fingerprint density at radius 1 is 1.32 bits per heavy atom. The van der Waals surface area contributed by atoms with Crippen molar-refractivity contribution in [2.24, 2.45) is 5.92 Å². The van der Waals surface area contributed by atoms with Crippen LogP contribution in [0.5, 0.6) is 0 Å². The molecule has 1 atom stereocenters. The molecule has 2 fully saturated rings. The van der Waals surface area contributed by atoms with Crippen molar-refractivity contribution in [2.75, 3.05) is 33.3 Å². The van der Waals surface area contributed by atoms with E-state index in [4.69, 9.17) is 9.15 Å². The summed E-state index contributed by atoms with van der Waals surface area (Å²) in [5, 5.41) is 0. The summed E-state index contributed by atoms with van der Waals surface area (Å²) < 4.78 is 11.5. The second kappa shape index (κ2) is 7.28. The minimum absolute atomic E-state index is 0.113. The summed E-state index contributed by atoms with van der Waals surface area (Å²) in [6.45, 7) is 6.00. The molecule has 0 unspecified atom stereocenters. The number of pyridine rings is 1. The van der Waals surface area contributed by atoms with Crippen LogP contribution in [0.1, 0.15) is 24.0 Å². The van der Waals surface area contributed by atoms with Crippen molar-refractivity contribution >= 4 is 0 Å². The normalized spacial score (nSPS) is 23.0. The largest absolute Gasteiger partial charge is 0.472 e. The van der Waals surface area contributed by atoms with Gasteiger partial charge in [-0.05, 0) is 43.5 Å². The maximum atomic E-state index is 6.31. The first-order valence-corrected chi connectivity index (χ1v) is 9.16. The fraction of sp³-hybridized carbons (Fsp3) is 0.550. The Morgan fingerprint density at radius 3 is 2.92 bits per heavy atom. The molecular formula is C20H27N3O2. The van der Waals surface area contributed by atoms with Crippen molar-refractivity contribution in [1.29, 1.82) is 0 Å². The lowest BCUT2D eigenvalue weighted by atomic mass is 9.82. The summed E-state index contributed by atoms with van der Waals surface area (Å²) in [6.07, 6.45) is 9.80. The molecule has 0 bridgehead atoms. The minimum Gasteiger partial charge on any atom is -0.472 e. The predicted molar refractivity (Wildman–Crippen MR) is 96.0 cm³/mol. The van der Waals surface area contributed by atoms with Crippen LogP contribution in [0.25, 0.3) is 0 Å². The monoisotopic (exact) mass is 341 g/mol. The lowest BCUT2D eigenvalue weighted by Gasteiger charge is -2.53. The molecule has 5 heteroatoms. The minimum atomic E-state index is 0.113. The van der Waals surface area contributed by atoms with Crippen LogP contribution >= 0.6 is 0 Å².